The van der Waals surface area contributed by atoms with Crippen LogP contribution in [0.25, 0.3) is 0 Å². The minimum Gasteiger partial charge on any atom is -0.457 e. The van der Waals surface area contributed by atoms with Crippen LogP contribution in [-0.4, -0.2) is 16.1 Å². The number of anilines is 1. The van der Waals surface area contributed by atoms with Crippen molar-refractivity contribution >= 4 is 23.4 Å². The third-order valence-electron chi connectivity index (χ3n) is 4.61. The minimum atomic E-state index is -0.359. The molecular weight excluding hydrogens is 406 g/mol. The van der Waals surface area contributed by atoms with Crippen LogP contribution in [0.4, 0.5) is 5.69 Å². The van der Waals surface area contributed by atoms with E-state index in [1.54, 1.807) is 6.07 Å². The topological polar surface area (TPSA) is 75.0 Å². The summed E-state index contributed by atoms with van der Waals surface area (Å²) in [6.45, 7) is 6.06. The third kappa shape index (κ3) is 6.09. The number of para-hydroxylation sites is 1. The van der Waals surface area contributed by atoms with Crippen molar-refractivity contribution in [3.63, 3.8) is 0 Å². The Kier molecular flexibility index (Phi) is 7.69. The molecule has 0 saturated carbocycles. The molecule has 0 spiro atoms. The van der Waals surface area contributed by atoms with Crippen LogP contribution in [0.3, 0.4) is 0 Å². The molecule has 0 aliphatic heterocycles. The average molecular weight is 432 g/mol. The van der Waals surface area contributed by atoms with Crippen molar-refractivity contribution in [2.24, 2.45) is 0 Å². The Morgan fingerprint density at radius 1 is 1.06 bits per heavy atom. The highest BCUT2D eigenvalue weighted by atomic mass is 32.2. The fourth-order valence-electron chi connectivity index (χ4n) is 2.86. The van der Waals surface area contributed by atoms with Crippen LogP contribution in [0, 0.1) is 11.3 Å². The number of nitrogens with one attached hydrogen (secondary N) is 1. The smallest absolute Gasteiger partial charge is 0.237 e. The zero-order chi connectivity index (χ0) is 22.2. The normalized spacial score (nSPS) is 11.6. The standard InChI is InChI=1S/C25H25N3O2S/c1-4-23(31-25-18(16-26)10-15-22(28-25)17(2)3)24(29)27-19-11-13-21(14-12-19)30-20-8-6-5-7-9-20/h5-15,17,23H,4H2,1-3H3,(H,27,29). The summed E-state index contributed by atoms with van der Waals surface area (Å²) in [4.78, 5) is 17.5. The van der Waals surface area contributed by atoms with E-state index in [0.29, 0.717) is 28.4 Å². The average Bonchev–Trinajstić information content (AvgIpc) is 2.79. The molecule has 31 heavy (non-hydrogen) atoms. The first kappa shape index (κ1) is 22.4. The van der Waals surface area contributed by atoms with Gasteiger partial charge in [0.15, 0.2) is 0 Å². The van der Waals surface area contributed by atoms with Crippen molar-refractivity contribution in [2.45, 2.75) is 43.4 Å². The van der Waals surface area contributed by atoms with Gasteiger partial charge in [-0.1, -0.05) is 50.7 Å². The zero-order valence-corrected chi connectivity index (χ0v) is 18.6. The molecule has 5 nitrogen and oxygen atoms in total. The molecule has 0 aliphatic carbocycles. The van der Waals surface area contributed by atoms with Crippen LogP contribution in [0.2, 0.25) is 0 Å². The summed E-state index contributed by atoms with van der Waals surface area (Å²) in [5, 5.41) is 12.6. The van der Waals surface area contributed by atoms with Crippen LogP contribution in [0.5, 0.6) is 11.5 Å². The van der Waals surface area contributed by atoms with Crippen LogP contribution >= 0.6 is 11.8 Å². The summed E-state index contributed by atoms with van der Waals surface area (Å²) in [5.74, 6) is 1.58. The van der Waals surface area contributed by atoms with Crippen LogP contribution in [0.1, 0.15) is 44.4 Å². The van der Waals surface area contributed by atoms with Gasteiger partial charge in [-0.3, -0.25) is 4.79 Å². The Labute approximate surface area is 187 Å². The fraction of sp³-hybridized carbons (Fsp3) is 0.240. The lowest BCUT2D eigenvalue weighted by molar-refractivity contribution is -0.115. The number of pyridine rings is 1. The predicted molar refractivity (Wildman–Crippen MR) is 125 cm³/mol. The van der Waals surface area contributed by atoms with Crippen molar-refractivity contribution in [3.05, 3.63) is 78.0 Å². The number of carbonyl (C=O) groups excluding carboxylic acids is 1. The second-order valence-corrected chi connectivity index (χ2v) is 8.49. The fourth-order valence-corrected chi connectivity index (χ4v) is 3.86. The van der Waals surface area contributed by atoms with E-state index in [4.69, 9.17) is 4.74 Å². The van der Waals surface area contributed by atoms with Gasteiger partial charge < -0.3 is 10.1 Å². The van der Waals surface area contributed by atoms with Crippen LogP contribution < -0.4 is 10.1 Å². The minimum absolute atomic E-state index is 0.120. The quantitative estimate of drug-likeness (QED) is 0.419. The lowest BCUT2D eigenvalue weighted by atomic mass is 10.1. The maximum absolute atomic E-state index is 12.9. The first-order valence-electron chi connectivity index (χ1n) is 10.2. The Bertz CT molecular complexity index is 1060. The largest absolute Gasteiger partial charge is 0.457 e. The highest BCUT2D eigenvalue weighted by Gasteiger charge is 2.21. The Hall–Kier alpha value is -3.30. The summed E-state index contributed by atoms with van der Waals surface area (Å²) in [5.41, 5.74) is 2.09. The Morgan fingerprint density at radius 3 is 2.35 bits per heavy atom. The molecule has 0 bridgehead atoms. The van der Waals surface area contributed by atoms with E-state index >= 15 is 0 Å². The van der Waals surface area contributed by atoms with E-state index in [9.17, 15) is 10.1 Å². The third-order valence-corrected chi connectivity index (χ3v) is 5.98. The predicted octanol–water partition coefficient (Wildman–Crippen LogP) is 6.38. The Morgan fingerprint density at radius 2 is 1.74 bits per heavy atom. The van der Waals surface area contributed by atoms with Gasteiger partial charge in [-0.25, -0.2) is 4.98 Å². The second kappa shape index (κ2) is 10.6. The van der Waals surface area contributed by atoms with E-state index in [1.165, 1.54) is 11.8 Å². The number of amides is 1. The van der Waals surface area contributed by atoms with Gasteiger partial charge in [0, 0.05) is 11.4 Å². The molecule has 3 rings (SSSR count). The SMILES string of the molecule is CCC(Sc1nc(C(C)C)ccc1C#N)C(=O)Nc1ccc(Oc2ccccc2)cc1. The highest BCUT2D eigenvalue weighted by Crippen LogP contribution is 2.30. The molecule has 1 N–H and O–H groups in total. The summed E-state index contributed by atoms with van der Waals surface area (Å²) in [7, 11) is 0. The van der Waals surface area contributed by atoms with Gasteiger partial charge in [0.1, 0.15) is 22.6 Å². The van der Waals surface area contributed by atoms with Crippen molar-refractivity contribution in [1.29, 1.82) is 5.26 Å². The van der Waals surface area contributed by atoms with E-state index in [0.717, 1.165) is 11.4 Å². The van der Waals surface area contributed by atoms with Gasteiger partial charge in [0.05, 0.1) is 10.8 Å². The number of benzene rings is 2. The molecule has 2 aromatic carbocycles. The number of aromatic nitrogens is 1. The van der Waals surface area contributed by atoms with Crippen LogP contribution in [0.15, 0.2) is 71.8 Å². The number of ether oxygens (including phenoxy) is 1. The summed E-state index contributed by atoms with van der Waals surface area (Å²) in [6.07, 6.45) is 0.615. The molecule has 3 aromatic rings. The lowest BCUT2D eigenvalue weighted by Gasteiger charge is -2.16. The molecule has 0 radical (unpaired) electrons. The molecule has 6 heteroatoms. The number of carbonyl (C=O) groups is 1. The van der Waals surface area contributed by atoms with Crippen molar-refractivity contribution in [3.8, 4) is 17.6 Å². The van der Waals surface area contributed by atoms with Gasteiger partial charge in [-0.15, -0.1) is 0 Å². The molecule has 1 amide bonds. The van der Waals surface area contributed by atoms with Crippen molar-refractivity contribution in [1.82, 2.24) is 4.98 Å². The maximum Gasteiger partial charge on any atom is 0.237 e. The van der Waals surface area contributed by atoms with Crippen molar-refractivity contribution < 1.29 is 9.53 Å². The summed E-state index contributed by atoms with van der Waals surface area (Å²) < 4.78 is 5.79. The summed E-state index contributed by atoms with van der Waals surface area (Å²) >= 11 is 1.33. The molecule has 1 atom stereocenters. The number of nitriles is 1. The molecule has 1 aromatic heterocycles. The number of thioether (sulfide) groups is 1. The van der Waals surface area contributed by atoms with Crippen LogP contribution in [-0.2, 0) is 4.79 Å². The number of hydrogen-bond acceptors (Lipinski definition) is 5. The number of hydrogen-bond donors (Lipinski definition) is 1. The molecule has 158 valence electrons. The maximum atomic E-state index is 12.9. The van der Waals surface area contributed by atoms with Gasteiger partial charge >= 0.3 is 0 Å². The first-order chi connectivity index (χ1) is 15.0. The van der Waals surface area contributed by atoms with Gasteiger partial charge in [-0.05, 0) is 60.9 Å². The highest BCUT2D eigenvalue weighted by molar-refractivity contribution is 8.00. The molecule has 0 aliphatic rings. The molecule has 0 fully saturated rings. The number of nitrogens with zero attached hydrogens (tertiary/aromatic N) is 2. The molecular formula is C25H25N3O2S. The summed E-state index contributed by atoms with van der Waals surface area (Å²) in [6, 6.07) is 22.6. The zero-order valence-electron chi connectivity index (χ0n) is 17.8. The number of rotatable bonds is 8. The van der Waals surface area contributed by atoms with E-state index in [2.05, 4.69) is 30.2 Å². The van der Waals surface area contributed by atoms with E-state index in [1.807, 2.05) is 67.6 Å². The second-order valence-electron chi connectivity index (χ2n) is 7.30. The monoisotopic (exact) mass is 431 g/mol. The molecule has 1 unspecified atom stereocenters. The van der Waals surface area contributed by atoms with Gasteiger partial charge in [0.25, 0.3) is 0 Å². The first-order valence-corrected chi connectivity index (χ1v) is 11.1. The van der Waals surface area contributed by atoms with Crippen molar-refractivity contribution in [2.75, 3.05) is 5.32 Å². The molecule has 0 saturated heterocycles. The van der Waals surface area contributed by atoms with Gasteiger partial charge in [-0.2, -0.15) is 5.26 Å². The lowest BCUT2D eigenvalue weighted by Crippen LogP contribution is -2.24. The van der Waals surface area contributed by atoms with Gasteiger partial charge in [0.2, 0.25) is 5.91 Å². The van der Waals surface area contributed by atoms with E-state index in [-0.39, 0.29) is 17.1 Å². The Balaban J connectivity index is 1.67. The van der Waals surface area contributed by atoms with E-state index < -0.39 is 0 Å². The molecule has 1 heterocycles.